The van der Waals surface area contributed by atoms with E-state index in [0.717, 1.165) is 12.0 Å². The number of benzene rings is 1. The molecule has 7 nitrogen and oxygen atoms in total. The summed E-state index contributed by atoms with van der Waals surface area (Å²) in [5.74, 6) is 2.65. The first-order valence-electron chi connectivity index (χ1n) is 9.90. The molecule has 0 aromatic heterocycles. The second-order valence-corrected chi connectivity index (χ2v) is 7.51. The molecule has 2 atom stereocenters. The molecular weight excluding hydrogens is 483 g/mol. The van der Waals surface area contributed by atoms with Crippen LogP contribution >= 0.6 is 24.0 Å². The van der Waals surface area contributed by atoms with E-state index in [9.17, 15) is 4.79 Å². The van der Waals surface area contributed by atoms with Gasteiger partial charge in [-0.2, -0.15) is 0 Å². The van der Waals surface area contributed by atoms with Crippen molar-refractivity contribution in [1.82, 2.24) is 15.5 Å². The molecule has 2 rings (SSSR count). The molecule has 0 heterocycles. The molecule has 1 fully saturated rings. The Labute approximate surface area is 191 Å². The highest BCUT2D eigenvalue weighted by Gasteiger charge is 2.22. The topological polar surface area (TPSA) is 75.2 Å². The third-order valence-electron chi connectivity index (χ3n) is 5.21. The molecular formula is C21H35IN4O3. The van der Waals surface area contributed by atoms with Crippen LogP contribution in [0.5, 0.6) is 11.5 Å². The van der Waals surface area contributed by atoms with Gasteiger partial charge < -0.3 is 25.0 Å². The molecule has 1 aliphatic carbocycles. The van der Waals surface area contributed by atoms with Gasteiger partial charge in [0.05, 0.1) is 27.3 Å². The van der Waals surface area contributed by atoms with Gasteiger partial charge in [-0.3, -0.25) is 4.79 Å². The van der Waals surface area contributed by atoms with Gasteiger partial charge in [-0.1, -0.05) is 25.8 Å². The molecule has 1 aromatic rings. The molecule has 164 valence electrons. The monoisotopic (exact) mass is 518 g/mol. The molecule has 0 spiro atoms. The number of carbonyl (C=O) groups excluding carboxylic acids is 1. The molecule has 2 N–H and O–H groups in total. The quantitative estimate of drug-likeness (QED) is 0.330. The Morgan fingerprint density at radius 1 is 1.17 bits per heavy atom. The average molecular weight is 518 g/mol. The Kier molecular flexibility index (Phi) is 11.2. The van der Waals surface area contributed by atoms with E-state index in [1.165, 1.54) is 19.3 Å². The van der Waals surface area contributed by atoms with Gasteiger partial charge >= 0.3 is 0 Å². The highest BCUT2D eigenvalue weighted by molar-refractivity contribution is 14.0. The third-order valence-corrected chi connectivity index (χ3v) is 5.21. The van der Waals surface area contributed by atoms with E-state index in [1.807, 2.05) is 18.2 Å². The normalized spacial score (nSPS) is 19.0. The molecule has 0 radical (unpaired) electrons. The average Bonchev–Trinajstić information content (AvgIpc) is 2.70. The lowest BCUT2D eigenvalue weighted by Crippen LogP contribution is -2.49. The second-order valence-electron chi connectivity index (χ2n) is 7.51. The number of hydrogen-bond acceptors (Lipinski definition) is 4. The standard InChI is InChI=1S/C21H34N4O3.HI/c1-15-8-6-7-9-17(15)24-21(23-14-20(26)25(2)3)22-13-16-10-11-18(27-4)19(12-16)28-5;/h10-12,15,17H,6-9,13-14H2,1-5H3,(H2,22,23,24);1H. The number of rotatable bonds is 7. The van der Waals surface area contributed by atoms with Crippen molar-refractivity contribution in [3.05, 3.63) is 23.8 Å². The number of likely N-dealkylation sites (N-methyl/N-ethyl adjacent to an activating group) is 1. The molecule has 29 heavy (non-hydrogen) atoms. The predicted molar refractivity (Wildman–Crippen MR) is 127 cm³/mol. The Morgan fingerprint density at radius 2 is 1.86 bits per heavy atom. The SMILES string of the molecule is COc1ccc(CN=C(NCC(=O)N(C)C)NC2CCCCC2C)cc1OC.I. The molecule has 1 saturated carbocycles. The summed E-state index contributed by atoms with van der Waals surface area (Å²) in [7, 11) is 6.74. The van der Waals surface area contributed by atoms with Gasteiger partial charge in [-0.05, 0) is 36.5 Å². The third kappa shape index (κ3) is 7.91. The molecule has 0 aliphatic heterocycles. The predicted octanol–water partition coefficient (Wildman–Crippen LogP) is 3.02. The van der Waals surface area contributed by atoms with Crippen molar-refractivity contribution in [2.24, 2.45) is 10.9 Å². The molecule has 1 aromatic carbocycles. The zero-order chi connectivity index (χ0) is 20.5. The van der Waals surface area contributed by atoms with Crippen LogP contribution in [0, 0.1) is 5.92 Å². The number of methoxy groups -OCH3 is 2. The number of guanidine groups is 1. The molecule has 0 bridgehead atoms. The van der Waals surface area contributed by atoms with Gasteiger partial charge in [0, 0.05) is 20.1 Å². The maximum absolute atomic E-state index is 12.0. The van der Waals surface area contributed by atoms with Gasteiger partial charge in [-0.15, -0.1) is 24.0 Å². The van der Waals surface area contributed by atoms with Crippen LogP contribution in [-0.2, 0) is 11.3 Å². The summed E-state index contributed by atoms with van der Waals surface area (Å²) in [5, 5.41) is 6.72. The van der Waals surface area contributed by atoms with Crippen molar-refractivity contribution in [2.75, 3.05) is 34.9 Å². The van der Waals surface area contributed by atoms with Crippen LogP contribution in [0.4, 0.5) is 0 Å². The minimum atomic E-state index is 0. The number of halogens is 1. The van der Waals surface area contributed by atoms with Gasteiger partial charge in [0.1, 0.15) is 0 Å². The van der Waals surface area contributed by atoms with Gasteiger partial charge in [0.25, 0.3) is 0 Å². The van der Waals surface area contributed by atoms with Crippen molar-refractivity contribution >= 4 is 35.8 Å². The Morgan fingerprint density at radius 3 is 2.48 bits per heavy atom. The van der Waals surface area contributed by atoms with Crippen molar-refractivity contribution < 1.29 is 14.3 Å². The van der Waals surface area contributed by atoms with E-state index in [0.29, 0.717) is 36.0 Å². The minimum absolute atomic E-state index is 0. The van der Waals surface area contributed by atoms with Crippen LogP contribution in [0.3, 0.4) is 0 Å². The van der Waals surface area contributed by atoms with Crippen molar-refractivity contribution in [3.8, 4) is 11.5 Å². The summed E-state index contributed by atoms with van der Waals surface area (Å²) in [5.41, 5.74) is 1.01. The molecule has 8 heteroatoms. The summed E-state index contributed by atoms with van der Waals surface area (Å²) >= 11 is 0. The molecule has 1 amide bonds. The summed E-state index contributed by atoms with van der Waals surface area (Å²) < 4.78 is 10.7. The highest BCUT2D eigenvalue weighted by atomic mass is 127. The van der Waals surface area contributed by atoms with Crippen LogP contribution in [-0.4, -0.2) is 57.7 Å². The van der Waals surface area contributed by atoms with Crippen LogP contribution in [0.1, 0.15) is 38.2 Å². The Hall–Kier alpha value is -1.71. The van der Waals surface area contributed by atoms with E-state index in [4.69, 9.17) is 14.5 Å². The highest BCUT2D eigenvalue weighted by Crippen LogP contribution is 2.28. The van der Waals surface area contributed by atoms with E-state index < -0.39 is 0 Å². The van der Waals surface area contributed by atoms with E-state index in [2.05, 4.69) is 17.6 Å². The first-order valence-corrected chi connectivity index (χ1v) is 9.90. The number of hydrogen-bond donors (Lipinski definition) is 2. The van der Waals surface area contributed by atoms with Crippen LogP contribution in [0.15, 0.2) is 23.2 Å². The van der Waals surface area contributed by atoms with Gasteiger partial charge in [-0.25, -0.2) is 4.99 Å². The molecule has 2 unspecified atom stereocenters. The summed E-state index contributed by atoms with van der Waals surface area (Å²) in [4.78, 5) is 18.3. The van der Waals surface area contributed by atoms with E-state index in [1.54, 1.807) is 33.2 Å². The van der Waals surface area contributed by atoms with E-state index in [-0.39, 0.29) is 36.4 Å². The molecule has 0 saturated heterocycles. The lowest BCUT2D eigenvalue weighted by atomic mass is 9.86. The maximum atomic E-state index is 12.0. The van der Waals surface area contributed by atoms with Crippen LogP contribution in [0.2, 0.25) is 0 Å². The summed E-state index contributed by atoms with van der Waals surface area (Å²) in [6.45, 7) is 2.96. The van der Waals surface area contributed by atoms with Gasteiger partial charge in [0.2, 0.25) is 5.91 Å². The fraction of sp³-hybridized carbons (Fsp3) is 0.619. The smallest absolute Gasteiger partial charge is 0.241 e. The summed E-state index contributed by atoms with van der Waals surface area (Å²) in [6, 6.07) is 6.15. The number of nitrogens with zero attached hydrogens (tertiary/aromatic N) is 2. The number of ether oxygens (including phenoxy) is 2. The Balaban J connectivity index is 0.00000420. The number of amides is 1. The largest absolute Gasteiger partial charge is 0.493 e. The minimum Gasteiger partial charge on any atom is -0.493 e. The first-order chi connectivity index (χ1) is 13.4. The van der Waals surface area contributed by atoms with Gasteiger partial charge in [0.15, 0.2) is 17.5 Å². The zero-order valence-electron chi connectivity index (χ0n) is 18.2. The summed E-state index contributed by atoms with van der Waals surface area (Å²) in [6.07, 6.45) is 4.85. The lowest BCUT2D eigenvalue weighted by Gasteiger charge is -2.31. The number of aliphatic imine (C=N–C) groups is 1. The maximum Gasteiger partial charge on any atom is 0.241 e. The second kappa shape index (κ2) is 12.8. The van der Waals surface area contributed by atoms with Crippen LogP contribution in [0.25, 0.3) is 0 Å². The fourth-order valence-electron chi connectivity index (χ4n) is 3.33. The molecule has 1 aliphatic rings. The van der Waals surface area contributed by atoms with Crippen LogP contribution < -0.4 is 20.1 Å². The first kappa shape index (κ1) is 25.3. The zero-order valence-corrected chi connectivity index (χ0v) is 20.5. The lowest BCUT2D eigenvalue weighted by molar-refractivity contribution is -0.127. The number of carbonyl (C=O) groups is 1. The van der Waals surface area contributed by atoms with Crippen molar-refractivity contribution in [1.29, 1.82) is 0 Å². The fourth-order valence-corrected chi connectivity index (χ4v) is 3.33. The Bertz CT molecular complexity index is 682. The van der Waals surface area contributed by atoms with E-state index >= 15 is 0 Å². The van der Waals surface area contributed by atoms with Crippen molar-refractivity contribution in [3.63, 3.8) is 0 Å². The number of nitrogens with one attached hydrogen (secondary N) is 2. The van der Waals surface area contributed by atoms with Crippen molar-refractivity contribution in [2.45, 2.75) is 45.2 Å².